The lowest BCUT2D eigenvalue weighted by atomic mass is 10.1. The third-order valence-electron chi connectivity index (χ3n) is 2.63. The molecule has 0 bridgehead atoms. The van der Waals surface area contributed by atoms with E-state index in [2.05, 4.69) is 48.1 Å². The van der Waals surface area contributed by atoms with Crippen molar-refractivity contribution in [2.75, 3.05) is 0 Å². The zero-order valence-corrected chi connectivity index (χ0v) is 10.3. The van der Waals surface area contributed by atoms with Gasteiger partial charge in [0.1, 0.15) is 0 Å². The van der Waals surface area contributed by atoms with Gasteiger partial charge in [-0.15, -0.1) is 0 Å². The Morgan fingerprint density at radius 3 is 1.88 bits per heavy atom. The maximum absolute atomic E-state index is 2.26. The summed E-state index contributed by atoms with van der Waals surface area (Å²) in [6, 6.07) is 12.4. The fraction of sp³-hybridized carbons (Fsp3) is 0.467. The van der Waals surface area contributed by atoms with Gasteiger partial charge in [0.2, 0.25) is 0 Å². The largest absolute Gasteiger partial charge is 0.354 e. The molecule has 0 saturated carbocycles. The van der Waals surface area contributed by atoms with Gasteiger partial charge in [0, 0.05) is 18.9 Å². The number of nitrogens with zero attached hydrogens (tertiary/aromatic N) is 1. The van der Waals surface area contributed by atoms with Crippen LogP contribution in [-0.2, 0) is 6.54 Å². The van der Waals surface area contributed by atoms with Gasteiger partial charge in [0.15, 0.2) is 0 Å². The third kappa shape index (κ3) is 6.28. The van der Waals surface area contributed by atoms with Gasteiger partial charge in [-0.3, -0.25) is 0 Å². The van der Waals surface area contributed by atoms with Crippen molar-refractivity contribution < 1.29 is 0 Å². The lowest BCUT2D eigenvalue weighted by molar-refractivity contribution is 0.567. The second kappa shape index (κ2) is 9.02. The minimum absolute atomic E-state index is 1.12. The minimum atomic E-state index is 1.12. The highest BCUT2D eigenvalue weighted by molar-refractivity contribution is 4.95. The zero-order valence-electron chi connectivity index (χ0n) is 10.3. The number of aryl methyl sites for hydroxylation is 1. The second-order valence-corrected chi connectivity index (χ2v) is 4.10. The van der Waals surface area contributed by atoms with Gasteiger partial charge in [-0.05, 0) is 18.6 Å². The third-order valence-corrected chi connectivity index (χ3v) is 2.63. The fourth-order valence-corrected chi connectivity index (χ4v) is 1.67. The molecule has 0 aromatic carbocycles. The summed E-state index contributed by atoms with van der Waals surface area (Å²) in [5, 5.41) is 0. The highest BCUT2D eigenvalue weighted by Crippen LogP contribution is 2.03. The highest BCUT2D eigenvalue weighted by Gasteiger charge is 1.88. The molecule has 16 heavy (non-hydrogen) atoms. The van der Waals surface area contributed by atoms with Crippen molar-refractivity contribution in [2.45, 2.75) is 45.6 Å². The SMILES string of the molecule is CCCCCCCn1cccccccc1. The fourth-order valence-electron chi connectivity index (χ4n) is 1.67. The van der Waals surface area contributed by atoms with E-state index in [1.807, 2.05) is 12.1 Å². The summed E-state index contributed by atoms with van der Waals surface area (Å²) >= 11 is 0. The number of hydrogen-bond acceptors (Lipinski definition) is 0. The Bertz CT molecular complexity index is 289. The molecule has 0 aliphatic rings. The molecule has 0 atom stereocenters. The van der Waals surface area contributed by atoms with Crippen LogP contribution in [0.3, 0.4) is 0 Å². The topological polar surface area (TPSA) is 4.93 Å². The molecular formula is C15H23N. The first-order chi connectivity index (χ1) is 7.93. The molecule has 0 aliphatic carbocycles. The van der Waals surface area contributed by atoms with Crippen LogP contribution in [0.1, 0.15) is 39.0 Å². The first kappa shape index (κ1) is 12.8. The van der Waals surface area contributed by atoms with Gasteiger partial charge in [-0.1, -0.05) is 56.9 Å². The Hall–Kier alpha value is -1.24. The van der Waals surface area contributed by atoms with Crippen LogP contribution >= 0.6 is 0 Å². The summed E-state index contributed by atoms with van der Waals surface area (Å²) in [6.07, 6.45) is 11.0. The lowest BCUT2D eigenvalue weighted by Crippen LogP contribution is -1.95. The Labute approximate surface area is 99.4 Å². The van der Waals surface area contributed by atoms with E-state index in [4.69, 9.17) is 0 Å². The molecule has 1 aromatic heterocycles. The maximum Gasteiger partial charge on any atom is 0.0219 e. The average molecular weight is 217 g/mol. The monoisotopic (exact) mass is 217 g/mol. The van der Waals surface area contributed by atoms with Crippen LogP contribution in [0.15, 0.2) is 48.8 Å². The van der Waals surface area contributed by atoms with Crippen LogP contribution in [0, 0.1) is 0 Å². The summed E-state index contributed by atoms with van der Waals surface area (Å²) in [7, 11) is 0. The molecule has 0 N–H and O–H groups in total. The molecule has 1 aromatic rings. The van der Waals surface area contributed by atoms with E-state index in [1.165, 1.54) is 32.1 Å². The molecule has 1 rings (SSSR count). The molecule has 1 heterocycles. The predicted molar refractivity (Wildman–Crippen MR) is 70.8 cm³/mol. The summed E-state index contributed by atoms with van der Waals surface area (Å²) in [4.78, 5) is 0. The molecule has 0 spiro atoms. The molecule has 0 radical (unpaired) electrons. The molecule has 0 fully saturated rings. The van der Waals surface area contributed by atoms with E-state index < -0.39 is 0 Å². The van der Waals surface area contributed by atoms with Crippen LogP contribution in [0.2, 0.25) is 0 Å². The van der Waals surface area contributed by atoms with Crippen molar-refractivity contribution in [1.29, 1.82) is 0 Å². The number of aromatic nitrogens is 1. The van der Waals surface area contributed by atoms with Gasteiger partial charge < -0.3 is 4.57 Å². The number of hydrogen-bond donors (Lipinski definition) is 0. The minimum Gasteiger partial charge on any atom is -0.354 e. The van der Waals surface area contributed by atoms with Crippen molar-refractivity contribution in [3.8, 4) is 0 Å². The van der Waals surface area contributed by atoms with Crippen LogP contribution in [-0.4, -0.2) is 4.57 Å². The van der Waals surface area contributed by atoms with E-state index in [9.17, 15) is 0 Å². The molecule has 0 saturated heterocycles. The van der Waals surface area contributed by atoms with Crippen LogP contribution in [0.5, 0.6) is 0 Å². The van der Waals surface area contributed by atoms with Crippen molar-refractivity contribution in [2.24, 2.45) is 0 Å². The zero-order chi connectivity index (χ0) is 11.5. The molecule has 1 nitrogen and oxygen atoms in total. The van der Waals surface area contributed by atoms with Gasteiger partial charge >= 0.3 is 0 Å². The lowest BCUT2D eigenvalue weighted by Gasteiger charge is -2.03. The number of rotatable bonds is 6. The second-order valence-electron chi connectivity index (χ2n) is 4.10. The molecule has 1 heteroatoms. The standard InChI is InChI=1S/C15H23N/c1-2-3-4-7-10-13-16-14-11-8-5-6-9-12-15-16/h5-6,8-9,11-12,14-15H,2-4,7,10,13H2,1H3. The quantitative estimate of drug-likeness (QED) is 0.614. The van der Waals surface area contributed by atoms with E-state index >= 15 is 0 Å². The van der Waals surface area contributed by atoms with Crippen molar-refractivity contribution in [3.63, 3.8) is 0 Å². The van der Waals surface area contributed by atoms with Crippen molar-refractivity contribution in [1.82, 2.24) is 4.57 Å². The highest BCUT2D eigenvalue weighted by atomic mass is 14.9. The van der Waals surface area contributed by atoms with E-state index in [1.54, 1.807) is 0 Å². The van der Waals surface area contributed by atoms with Gasteiger partial charge in [0.05, 0.1) is 0 Å². The van der Waals surface area contributed by atoms with E-state index in [0.717, 1.165) is 6.54 Å². The Morgan fingerprint density at radius 2 is 1.25 bits per heavy atom. The Balaban J connectivity index is 2.39. The molecule has 0 amide bonds. The molecule has 88 valence electrons. The number of unbranched alkanes of at least 4 members (excludes halogenated alkanes) is 4. The van der Waals surface area contributed by atoms with E-state index in [-0.39, 0.29) is 0 Å². The first-order valence-electron chi connectivity index (χ1n) is 6.37. The summed E-state index contributed by atoms with van der Waals surface area (Å²) in [5.74, 6) is 0. The maximum atomic E-state index is 2.26. The smallest absolute Gasteiger partial charge is 0.0219 e. The van der Waals surface area contributed by atoms with Crippen LogP contribution in [0.25, 0.3) is 0 Å². The normalized spacial score (nSPS) is 9.81. The van der Waals surface area contributed by atoms with Crippen LogP contribution in [0.4, 0.5) is 0 Å². The van der Waals surface area contributed by atoms with Gasteiger partial charge in [0.25, 0.3) is 0 Å². The Morgan fingerprint density at radius 1 is 0.688 bits per heavy atom. The summed E-state index contributed by atoms with van der Waals surface area (Å²) in [5.41, 5.74) is 0. The summed E-state index contributed by atoms with van der Waals surface area (Å²) < 4.78 is 2.26. The molecule has 0 aliphatic heterocycles. The van der Waals surface area contributed by atoms with Gasteiger partial charge in [-0.2, -0.15) is 0 Å². The van der Waals surface area contributed by atoms with Crippen molar-refractivity contribution in [3.05, 3.63) is 48.8 Å². The predicted octanol–water partition coefficient (Wildman–Crippen LogP) is 4.58. The molecular weight excluding hydrogens is 194 g/mol. The Kier molecular flexibility index (Phi) is 7.23. The van der Waals surface area contributed by atoms with Gasteiger partial charge in [-0.25, -0.2) is 0 Å². The van der Waals surface area contributed by atoms with Crippen LogP contribution < -0.4 is 0 Å². The van der Waals surface area contributed by atoms with Crippen molar-refractivity contribution >= 4 is 0 Å². The average Bonchev–Trinajstić information content (AvgIpc) is 2.42. The van der Waals surface area contributed by atoms with E-state index in [0.29, 0.717) is 0 Å². The summed E-state index contributed by atoms with van der Waals surface area (Å²) in [6.45, 7) is 3.38. The molecule has 0 unspecified atom stereocenters. The first-order valence-corrected chi connectivity index (χ1v) is 6.37.